The zero-order chi connectivity index (χ0) is 10.7. The molecule has 0 bridgehead atoms. The van der Waals surface area contributed by atoms with Crippen LogP contribution in [-0.2, 0) is 0 Å². The van der Waals surface area contributed by atoms with Crippen molar-refractivity contribution in [2.24, 2.45) is 0 Å². The quantitative estimate of drug-likeness (QED) is 0.726. The topological polar surface area (TPSA) is 12.0 Å². The second kappa shape index (κ2) is 4.16. The highest BCUT2D eigenvalue weighted by atomic mass is 14.9. The van der Waals surface area contributed by atoms with Crippen molar-refractivity contribution in [1.29, 1.82) is 0 Å². The molecule has 0 saturated carbocycles. The normalized spacial score (nSPS) is 12.3. The molecule has 0 aliphatic rings. The predicted molar refractivity (Wildman–Crippen MR) is 64.6 cm³/mol. The van der Waals surface area contributed by atoms with Gasteiger partial charge in [-0.3, -0.25) is 0 Å². The Balaban J connectivity index is 2.66. The number of nitrogens with one attached hydrogen (secondary N) is 1. The number of hydrogen-bond donors (Lipinski definition) is 1. The molecule has 15 heavy (non-hydrogen) atoms. The first-order chi connectivity index (χ1) is 7.36. The smallest absolute Gasteiger partial charge is 0.0946 e. The van der Waals surface area contributed by atoms with Crippen LogP contribution in [0, 0.1) is 12.3 Å². The van der Waals surface area contributed by atoms with Gasteiger partial charge in [0.2, 0.25) is 0 Å². The van der Waals surface area contributed by atoms with Crippen molar-refractivity contribution in [3.63, 3.8) is 0 Å². The summed E-state index contributed by atoms with van der Waals surface area (Å²) in [5.41, 5.74) is 1.16. The van der Waals surface area contributed by atoms with Crippen LogP contribution in [0.25, 0.3) is 10.8 Å². The molecule has 1 atom stereocenters. The molecule has 2 aromatic carbocycles. The summed E-state index contributed by atoms with van der Waals surface area (Å²) in [4.78, 5) is 0. The third kappa shape index (κ3) is 1.72. The maximum absolute atomic E-state index is 5.49. The molecule has 1 nitrogen and oxygen atoms in total. The molecule has 0 fully saturated rings. The maximum atomic E-state index is 5.49. The first-order valence-electron chi connectivity index (χ1n) is 4.98. The molecule has 2 rings (SSSR count). The molecule has 0 radical (unpaired) electrons. The van der Waals surface area contributed by atoms with E-state index in [1.807, 2.05) is 25.2 Å². The molecule has 0 aliphatic heterocycles. The first-order valence-corrected chi connectivity index (χ1v) is 4.98. The van der Waals surface area contributed by atoms with Crippen LogP contribution in [0.4, 0.5) is 0 Å². The van der Waals surface area contributed by atoms with Gasteiger partial charge in [-0.1, -0.05) is 48.4 Å². The van der Waals surface area contributed by atoms with Gasteiger partial charge in [0.1, 0.15) is 0 Å². The zero-order valence-corrected chi connectivity index (χ0v) is 8.70. The Hall–Kier alpha value is -1.78. The fourth-order valence-electron chi connectivity index (χ4n) is 1.83. The highest BCUT2D eigenvalue weighted by Gasteiger charge is 2.08. The van der Waals surface area contributed by atoms with Crippen molar-refractivity contribution in [3.8, 4) is 12.3 Å². The summed E-state index contributed by atoms with van der Waals surface area (Å²) < 4.78 is 0. The fourth-order valence-corrected chi connectivity index (χ4v) is 1.83. The summed E-state index contributed by atoms with van der Waals surface area (Å²) in [6.07, 6.45) is 5.49. The molecule has 1 N–H and O–H groups in total. The molecule has 2 aromatic rings. The van der Waals surface area contributed by atoms with Gasteiger partial charge < -0.3 is 5.32 Å². The summed E-state index contributed by atoms with van der Waals surface area (Å²) in [7, 11) is 1.88. The molecular weight excluding hydrogens is 182 g/mol. The Morgan fingerprint density at radius 2 is 1.87 bits per heavy atom. The van der Waals surface area contributed by atoms with Crippen molar-refractivity contribution >= 4 is 10.8 Å². The molecular formula is C14H13N. The Morgan fingerprint density at radius 3 is 2.60 bits per heavy atom. The van der Waals surface area contributed by atoms with Gasteiger partial charge in [0.25, 0.3) is 0 Å². The summed E-state index contributed by atoms with van der Waals surface area (Å²) in [5.74, 6) is 2.75. The number of fused-ring (bicyclic) bond motifs is 1. The van der Waals surface area contributed by atoms with Gasteiger partial charge in [0.05, 0.1) is 6.04 Å². The lowest BCUT2D eigenvalue weighted by Gasteiger charge is -2.12. The predicted octanol–water partition coefficient (Wildman–Crippen LogP) is 2.73. The van der Waals surface area contributed by atoms with E-state index in [0.717, 1.165) is 5.56 Å². The molecule has 0 heterocycles. The SMILES string of the molecule is C#CC(NC)c1cccc2ccccc12. The monoisotopic (exact) mass is 195 g/mol. The van der Waals surface area contributed by atoms with Gasteiger partial charge >= 0.3 is 0 Å². The van der Waals surface area contributed by atoms with E-state index >= 15 is 0 Å². The van der Waals surface area contributed by atoms with Crippen LogP contribution in [0.2, 0.25) is 0 Å². The van der Waals surface area contributed by atoms with Crippen LogP contribution < -0.4 is 5.32 Å². The summed E-state index contributed by atoms with van der Waals surface area (Å²) in [6.45, 7) is 0. The lowest BCUT2D eigenvalue weighted by Crippen LogP contribution is -2.14. The van der Waals surface area contributed by atoms with Crippen LogP contribution >= 0.6 is 0 Å². The molecule has 0 aromatic heterocycles. The maximum Gasteiger partial charge on any atom is 0.0946 e. The van der Waals surface area contributed by atoms with E-state index in [1.54, 1.807) is 0 Å². The lowest BCUT2D eigenvalue weighted by atomic mass is 9.99. The van der Waals surface area contributed by atoms with Gasteiger partial charge in [-0.25, -0.2) is 0 Å². The van der Waals surface area contributed by atoms with Crippen LogP contribution in [0.15, 0.2) is 42.5 Å². The highest BCUT2D eigenvalue weighted by molar-refractivity contribution is 5.86. The van der Waals surface area contributed by atoms with Crippen LogP contribution in [0.1, 0.15) is 11.6 Å². The minimum atomic E-state index is -0.0175. The molecule has 74 valence electrons. The Bertz CT molecular complexity index is 503. The van der Waals surface area contributed by atoms with E-state index in [-0.39, 0.29) is 6.04 Å². The lowest BCUT2D eigenvalue weighted by molar-refractivity contribution is 0.742. The Morgan fingerprint density at radius 1 is 1.13 bits per heavy atom. The summed E-state index contributed by atoms with van der Waals surface area (Å²) in [6, 6.07) is 14.5. The number of terminal acetylenes is 1. The second-order valence-corrected chi connectivity index (χ2v) is 3.46. The Kier molecular flexibility index (Phi) is 2.71. The summed E-state index contributed by atoms with van der Waals surface area (Å²) in [5, 5.41) is 5.57. The van der Waals surface area contributed by atoms with Crippen LogP contribution in [-0.4, -0.2) is 7.05 Å². The number of benzene rings is 2. The number of rotatable bonds is 2. The zero-order valence-electron chi connectivity index (χ0n) is 8.70. The third-order valence-electron chi connectivity index (χ3n) is 2.59. The first kappa shape index (κ1) is 9.76. The molecule has 0 amide bonds. The van der Waals surface area contributed by atoms with Gasteiger partial charge in [0.15, 0.2) is 0 Å². The molecule has 1 heteroatoms. The van der Waals surface area contributed by atoms with Gasteiger partial charge in [-0.15, -0.1) is 6.42 Å². The minimum Gasteiger partial charge on any atom is -0.303 e. The van der Waals surface area contributed by atoms with Crippen molar-refractivity contribution in [2.45, 2.75) is 6.04 Å². The number of hydrogen-bond acceptors (Lipinski definition) is 1. The van der Waals surface area contributed by atoms with Crippen molar-refractivity contribution < 1.29 is 0 Å². The molecule has 0 spiro atoms. The van der Waals surface area contributed by atoms with Crippen LogP contribution in [0.3, 0.4) is 0 Å². The van der Waals surface area contributed by atoms with Gasteiger partial charge in [-0.2, -0.15) is 0 Å². The largest absolute Gasteiger partial charge is 0.303 e. The Labute approximate surface area is 90.1 Å². The van der Waals surface area contributed by atoms with E-state index in [1.165, 1.54) is 10.8 Å². The second-order valence-electron chi connectivity index (χ2n) is 3.46. The van der Waals surface area contributed by atoms with Crippen molar-refractivity contribution in [3.05, 3.63) is 48.0 Å². The van der Waals surface area contributed by atoms with E-state index in [9.17, 15) is 0 Å². The van der Waals surface area contributed by atoms with E-state index in [0.29, 0.717) is 0 Å². The van der Waals surface area contributed by atoms with Gasteiger partial charge in [-0.05, 0) is 23.4 Å². The average Bonchev–Trinajstić information content (AvgIpc) is 2.31. The molecule has 0 aliphatic carbocycles. The van der Waals surface area contributed by atoms with Crippen molar-refractivity contribution in [2.75, 3.05) is 7.05 Å². The van der Waals surface area contributed by atoms with Crippen molar-refractivity contribution in [1.82, 2.24) is 5.32 Å². The average molecular weight is 195 g/mol. The standard InChI is InChI=1S/C14H13N/c1-3-14(15-2)13-10-6-8-11-7-4-5-9-12(11)13/h1,4-10,14-15H,2H3. The fraction of sp³-hybridized carbons (Fsp3) is 0.143. The highest BCUT2D eigenvalue weighted by Crippen LogP contribution is 2.23. The third-order valence-corrected chi connectivity index (χ3v) is 2.59. The molecule has 0 saturated heterocycles. The summed E-state index contributed by atoms with van der Waals surface area (Å²) >= 11 is 0. The van der Waals surface area contributed by atoms with E-state index in [2.05, 4.69) is 35.5 Å². The van der Waals surface area contributed by atoms with Crippen LogP contribution in [0.5, 0.6) is 0 Å². The van der Waals surface area contributed by atoms with E-state index < -0.39 is 0 Å². The van der Waals surface area contributed by atoms with Gasteiger partial charge in [0, 0.05) is 0 Å². The minimum absolute atomic E-state index is 0.0175. The molecule has 1 unspecified atom stereocenters. The van der Waals surface area contributed by atoms with E-state index in [4.69, 9.17) is 6.42 Å².